The van der Waals surface area contributed by atoms with Crippen LogP contribution in [0.4, 0.5) is 0 Å². The summed E-state index contributed by atoms with van der Waals surface area (Å²) in [4.78, 5) is 17.8. The quantitative estimate of drug-likeness (QED) is 0.767. The molecule has 1 aromatic carbocycles. The molecule has 0 amide bonds. The van der Waals surface area contributed by atoms with Crippen LogP contribution in [0.5, 0.6) is 0 Å². The summed E-state index contributed by atoms with van der Waals surface area (Å²) in [6.45, 7) is 3.43. The molecule has 3 heteroatoms. The Bertz CT molecular complexity index is 437. The van der Waals surface area contributed by atoms with Gasteiger partial charge in [-0.05, 0) is 12.5 Å². The van der Waals surface area contributed by atoms with E-state index in [-0.39, 0.29) is 5.78 Å². The molecule has 0 aliphatic carbocycles. The van der Waals surface area contributed by atoms with Gasteiger partial charge in [-0.25, -0.2) is 0 Å². The topological polar surface area (TPSA) is 32.7 Å². The standard InChI is InChI=1S/C13H16N2O/c1-10(16)9-11-5-3-4-6-12(11)13-14-7-8-15(13)2/h3-6H,7-9H2,1-2H3. The normalized spacial score (nSPS) is 15.1. The summed E-state index contributed by atoms with van der Waals surface area (Å²) in [5.41, 5.74) is 2.17. The second-order valence-corrected chi connectivity index (χ2v) is 4.16. The third kappa shape index (κ3) is 2.13. The number of likely N-dealkylation sites (N-methyl/N-ethyl adjacent to an activating group) is 1. The first-order valence-corrected chi connectivity index (χ1v) is 5.52. The van der Waals surface area contributed by atoms with Crippen LogP contribution in [-0.4, -0.2) is 36.7 Å². The number of aliphatic imine (C=N–C) groups is 1. The number of ketones is 1. The Morgan fingerprint density at radius 3 is 2.81 bits per heavy atom. The molecule has 0 aromatic heterocycles. The van der Waals surface area contributed by atoms with Gasteiger partial charge in [0, 0.05) is 25.6 Å². The number of hydrogen-bond donors (Lipinski definition) is 0. The average Bonchev–Trinajstić information content (AvgIpc) is 2.64. The zero-order valence-electron chi connectivity index (χ0n) is 9.73. The van der Waals surface area contributed by atoms with Crippen molar-refractivity contribution in [2.75, 3.05) is 20.1 Å². The molecule has 0 saturated heterocycles. The van der Waals surface area contributed by atoms with Gasteiger partial charge in [0.2, 0.25) is 0 Å². The van der Waals surface area contributed by atoms with E-state index in [1.165, 1.54) is 0 Å². The number of hydrogen-bond acceptors (Lipinski definition) is 3. The van der Waals surface area contributed by atoms with Gasteiger partial charge in [0.25, 0.3) is 0 Å². The van der Waals surface area contributed by atoms with Crippen LogP contribution in [0.15, 0.2) is 29.3 Å². The summed E-state index contributed by atoms with van der Waals surface area (Å²) in [5, 5.41) is 0. The first kappa shape index (κ1) is 10.9. The molecule has 3 nitrogen and oxygen atoms in total. The van der Waals surface area contributed by atoms with E-state index in [0.29, 0.717) is 6.42 Å². The number of Topliss-reactive ketones (excluding diaryl/α,β-unsaturated/α-hetero) is 1. The average molecular weight is 216 g/mol. The fraction of sp³-hybridized carbons (Fsp3) is 0.385. The summed E-state index contributed by atoms with van der Waals surface area (Å²) >= 11 is 0. The van der Waals surface area contributed by atoms with Crippen LogP contribution >= 0.6 is 0 Å². The van der Waals surface area contributed by atoms with Gasteiger partial charge >= 0.3 is 0 Å². The number of amidine groups is 1. The van der Waals surface area contributed by atoms with Gasteiger partial charge in [0.05, 0.1) is 6.54 Å². The Balaban J connectivity index is 2.36. The molecule has 0 bridgehead atoms. The highest BCUT2D eigenvalue weighted by atomic mass is 16.1. The summed E-state index contributed by atoms with van der Waals surface area (Å²) in [6, 6.07) is 8.01. The summed E-state index contributed by atoms with van der Waals surface area (Å²) in [7, 11) is 2.04. The van der Waals surface area contributed by atoms with E-state index in [0.717, 1.165) is 30.1 Å². The molecule has 1 heterocycles. The second kappa shape index (κ2) is 4.47. The van der Waals surface area contributed by atoms with Gasteiger partial charge in [-0.3, -0.25) is 9.79 Å². The van der Waals surface area contributed by atoms with Crippen molar-refractivity contribution in [3.63, 3.8) is 0 Å². The van der Waals surface area contributed by atoms with Crippen molar-refractivity contribution in [1.29, 1.82) is 0 Å². The number of rotatable bonds is 3. The van der Waals surface area contributed by atoms with Crippen LogP contribution in [0.3, 0.4) is 0 Å². The van der Waals surface area contributed by atoms with Crippen molar-refractivity contribution in [3.8, 4) is 0 Å². The highest BCUT2D eigenvalue weighted by Crippen LogP contribution is 2.15. The molecule has 0 spiro atoms. The molecule has 0 unspecified atom stereocenters. The molecule has 2 rings (SSSR count). The molecule has 1 aromatic rings. The van der Waals surface area contributed by atoms with Crippen LogP contribution in [0.1, 0.15) is 18.1 Å². The third-order valence-electron chi connectivity index (χ3n) is 2.76. The van der Waals surface area contributed by atoms with Crippen molar-refractivity contribution in [2.24, 2.45) is 4.99 Å². The van der Waals surface area contributed by atoms with Crippen LogP contribution in [-0.2, 0) is 11.2 Å². The molecular weight excluding hydrogens is 200 g/mol. The summed E-state index contributed by atoms with van der Waals surface area (Å²) < 4.78 is 0. The minimum Gasteiger partial charge on any atom is -0.358 e. The lowest BCUT2D eigenvalue weighted by molar-refractivity contribution is -0.116. The molecule has 1 aliphatic heterocycles. The SMILES string of the molecule is CC(=O)Cc1ccccc1C1=NCCN1C. The fourth-order valence-electron chi connectivity index (χ4n) is 1.98. The van der Waals surface area contributed by atoms with E-state index in [2.05, 4.69) is 9.89 Å². The maximum atomic E-state index is 11.2. The summed E-state index contributed by atoms with van der Waals surface area (Å²) in [6.07, 6.45) is 0.489. The second-order valence-electron chi connectivity index (χ2n) is 4.16. The zero-order chi connectivity index (χ0) is 11.5. The minimum atomic E-state index is 0.189. The van der Waals surface area contributed by atoms with E-state index in [9.17, 15) is 4.79 Å². The van der Waals surface area contributed by atoms with E-state index in [4.69, 9.17) is 0 Å². The van der Waals surface area contributed by atoms with Crippen molar-refractivity contribution < 1.29 is 4.79 Å². The highest BCUT2D eigenvalue weighted by Gasteiger charge is 2.17. The lowest BCUT2D eigenvalue weighted by Crippen LogP contribution is -2.24. The molecule has 84 valence electrons. The summed E-state index contributed by atoms with van der Waals surface area (Å²) in [5.74, 6) is 1.20. The van der Waals surface area contributed by atoms with Crippen molar-refractivity contribution in [2.45, 2.75) is 13.3 Å². The lowest BCUT2D eigenvalue weighted by Gasteiger charge is -2.16. The van der Waals surface area contributed by atoms with Crippen molar-refractivity contribution >= 4 is 11.6 Å². The maximum absolute atomic E-state index is 11.2. The third-order valence-corrected chi connectivity index (χ3v) is 2.76. The van der Waals surface area contributed by atoms with Gasteiger partial charge in [-0.2, -0.15) is 0 Å². The van der Waals surface area contributed by atoms with Crippen molar-refractivity contribution in [1.82, 2.24) is 4.90 Å². The number of carbonyl (C=O) groups excluding carboxylic acids is 1. The van der Waals surface area contributed by atoms with Gasteiger partial charge in [0.1, 0.15) is 11.6 Å². The van der Waals surface area contributed by atoms with Crippen LogP contribution < -0.4 is 0 Å². The fourth-order valence-corrected chi connectivity index (χ4v) is 1.98. The smallest absolute Gasteiger partial charge is 0.134 e. The Morgan fingerprint density at radius 1 is 1.44 bits per heavy atom. The number of nitrogens with zero attached hydrogens (tertiary/aromatic N) is 2. The maximum Gasteiger partial charge on any atom is 0.134 e. The van der Waals surface area contributed by atoms with E-state index in [1.807, 2.05) is 31.3 Å². The molecule has 0 fully saturated rings. The molecule has 0 N–H and O–H groups in total. The first-order valence-electron chi connectivity index (χ1n) is 5.52. The Hall–Kier alpha value is -1.64. The molecule has 0 saturated carbocycles. The number of carbonyl (C=O) groups is 1. The monoisotopic (exact) mass is 216 g/mol. The van der Waals surface area contributed by atoms with Crippen molar-refractivity contribution in [3.05, 3.63) is 35.4 Å². The van der Waals surface area contributed by atoms with Gasteiger partial charge in [-0.15, -0.1) is 0 Å². The van der Waals surface area contributed by atoms with Gasteiger partial charge in [-0.1, -0.05) is 24.3 Å². The Morgan fingerprint density at radius 2 is 2.19 bits per heavy atom. The largest absolute Gasteiger partial charge is 0.358 e. The molecule has 16 heavy (non-hydrogen) atoms. The highest BCUT2D eigenvalue weighted by molar-refractivity contribution is 6.01. The minimum absolute atomic E-state index is 0.189. The molecule has 1 aliphatic rings. The number of benzene rings is 1. The van der Waals surface area contributed by atoms with Crippen LogP contribution in [0.25, 0.3) is 0 Å². The lowest BCUT2D eigenvalue weighted by atomic mass is 10.0. The van der Waals surface area contributed by atoms with E-state index >= 15 is 0 Å². The molecular formula is C13H16N2O. The first-order chi connectivity index (χ1) is 7.68. The van der Waals surface area contributed by atoms with Crippen LogP contribution in [0.2, 0.25) is 0 Å². The van der Waals surface area contributed by atoms with E-state index < -0.39 is 0 Å². The Labute approximate surface area is 95.8 Å². The van der Waals surface area contributed by atoms with Gasteiger partial charge < -0.3 is 4.90 Å². The predicted octanol–water partition coefficient (Wildman–Crippen LogP) is 1.51. The van der Waals surface area contributed by atoms with E-state index in [1.54, 1.807) is 6.92 Å². The molecule has 0 radical (unpaired) electrons. The van der Waals surface area contributed by atoms with Gasteiger partial charge in [0.15, 0.2) is 0 Å². The zero-order valence-corrected chi connectivity index (χ0v) is 9.73. The Kier molecular flexibility index (Phi) is 3.04. The molecule has 0 atom stereocenters. The van der Waals surface area contributed by atoms with Crippen LogP contribution in [0, 0.1) is 0 Å². The predicted molar refractivity (Wildman–Crippen MR) is 64.9 cm³/mol.